The predicted molar refractivity (Wildman–Crippen MR) is 374 cm³/mol. The molecule has 96 heavy (non-hydrogen) atoms. The molecular weight excluding hydrogens is 1310 g/mol. The molecule has 2 bridgehead atoms. The number of likely N-dealkylation sites (N-methyl/N-ethyl adjacent to an activating group) is 2. The molecule has 26 nitrogen and oxygen atoms in total. The van der Waals surface area contributed by atoms with Gasteiger partial charge in [0.25, 0.3) is 10.3 Å². The van der Waals surface area contributed by atoms with Gasteiger partial charge < -0.3 is 86.4 Å². The Morgan fingerprint density at radius 3 is 2.10 bits per heavy atom. The lowest BCUT2D eigenvalue weighted by Crippen LogP contribution is -2.70. The highest BCUT2D eigenvalue weighted by atomic mass is 35.5. The van der Waals surface area contributed by atoms with Crippen molar-refractivity contribution < 1.29 is 61.9 Å². The summed E-state index contributed by atoms with van der Waals surface area (Å²) in [4.78, 5) is 114. The van der Waals surface area contributed by atoms with Crippen LogP contribution in [0.4, 0.5) is 21.9 Å². The number of hydrogen-bond acceptors (Lipinski definition) is 15. The first-order valence-electron chi connectivity index (χ1n) is 32.6. The molecule has 3 saturated carbocycles. The lowest BCUT2D eigenvalue weighted by molar-refractivity contribution is -0.212. The Hall–Kier alpha value is -7.30. The molecule has 1 saturated heterocycles. The summed E-state index contributed by atoms with van der Waals surface area (Å²) in [6.45, 7) is 15.7. The fourth-order valence-electron chi connectivity index (χ4n) is 14.6. The fraction of sp³-hybridized carbons (Fsp3) is 0.545. The summed E-state index contributed by atoms with van der Waals surface area (Å²) in [7, 11) is -1.26. The molecular formula is C66H89ClN13O13PS2. The van der Waals surface area contributed by atoms with Crippen LogP contribution in [0.15, 0.2) is 48.8 Å². The van der Waals surface area contributed by atoms with Gasteiger partial charge in [0.1, 0.15) is 30.8 Å². The zero-order valence-corrected chi connectivity index (χ0v) is 58.9. The number of epoxide rings is 1. The van der Waals surface area contributed by atoms with Crippen molar-refractivity contribution in [2.45, 2.75) is 155 Å². The predicted octanol–water partition coefficient (Wildman–Crippen LogP) is 7.16. The van der Waals surface area contributed by atoms with Gasteiger partial charge in [0.15, 0.2) is 17.7 Å². The highest BCUT2D eigenvalue weighted by Gasteiger charge is 2.79. The zero-order chi connectivity index (χ0) is 69.5. The Bertz CT molecular complexity index is 3880. The van der Waals surface area contributed by atoms with Gasteiger partial charge in [0.05, 0.1) is 22.1 Å². The number of thiocarbonyl (C=S) groups is 2. The van der Waals surface area contributed by atoms with Crippen LogP contribution in [0.3, 0.4) is 0 Å². The number of H-pyrrole nitrogens is 2. The number of anilines is 3. The molecule has 0 radical (unpaired) electrons. The summed E-state index contributed by atoms with van der Waals surface area (Å²) in [5.74, 6) is -1.69. The van der Waals surface area contributed by atoms with Crippen molar-refractivity contribution in [1.82, 2.24) is 41.0 Å². The van der Waals surface area contributed by atoms with Gasteiger partial charge in [0, 0.05) is 123 Å². The molecule has 6 aliphatic rings. The van der Waals surface area contributed by atoms with Gasteiger partial charge in [-0.2, -0.15) is 0 Å². The number of amides is 7. The number of hydrogen-bond donors (Lipinski definition) is 11. The summed E-state index contributed by atoms with van der Waals surface area (Å²) < 4.78 is 36.6. The van der Waals surface area contributed by atoms with Crippen LogP contribution in [0.25, 0.3) is 21.8 Å². The lowest BCUT2D eigenvalue weighted by atomic mass is 9.33. The highest BCUT2D eigenvalue weighted by molar-refractivity contribution is 7.80. The smallest absolute Gasteiger partial charge is 0.466 e. The minimum atomic E-state index is -4.88. The number of phosphoric acid groups is 1. The molecule has 2 unspecified atom stereocenters. The van der Waals surface area contributed by atoms with Gasteiger partial charge in [-0.25, -0.2) is 9.36 Å². The number of nitrogens with two attached hydrogens (primary N) is 2. The van der Waals surface area contributed by atoms with Gasteiger partial charge in [-0.15, -0.1) is 11.6 Å². The monoisotopic (exact) mass is 1400 g/mol. The van der Waals surface area contributed by atoms with Crippen molar-refractivity contribution in [2.24, 2.45) is 28.2 Å². The van der Waals surface area contributed by atoms with Crippen LogP contribution in [0.2, 0.25) is 0 Å². The second-order valence-electron chi connectivity index (χ2n) is 27.2. The largest absolute Gasteiger partial charge is 0.524 e. The van der Waals surface area contributed by atoms with Gasteiger partial charge in [0.2, 0.25) is 29.5 Å². The van der Waals surface area contributed by atoms with E-state index in [9.17, 15) is 38.3 Å². The second-order valence-corrected chi connectivity index (χ2v) is 29.4. The molecule has 5 aromatic rings. The molecule has 2 aromatic heterocycles. The van der Waals surface area contributed by atoms with Crippen LogP contribution < -0.4 is 57.1 Å². The van der Waals surface area contributed by atoms with E-state index in [-0.39, 0.29) is 77.1 Å². The maximum absolute atomic E-state index is 15.1. The van der Waals surface area contributed by atoms with E-state index in [0.29, 0.717) is 94.1 Å². The second kappa shape index (κ2) is 28.6. The first-order chi connectivity index (χ1) is 45.4. The first kappa shape index (κ1) is 71.5. The number of aromatic amines is 2. The van der Waals surface area contributed by atoms with Crippen LogP contribution in [0.1, 0.15) is 126 Å². The van der Waals surface area contributed by atoms with Crippen LogP contribution in [0, 0.1) is 30.6 Å². The number of carbonyl (C=O) groups is 6. The molecule has 0 spiro atoms. The van der Waals surface area contributed by atoms with E-state index in [4.69, 9.17) is 66.2 Å². The van der Waals surface area contributed by atoms with Crippen LogP contribution in [-0.2, 0) is 50.0 Å². The SMILES string of the molecule is CC[C@]1(C)CN(C2OC2C23CC(C(=O)N4C[C@@H](CCl)c5c4cc(OC(=S)N(C)CCN(C)C(=S)OCc4ccc(NC(=O)[C@H](CCCNC(N)=O)NC(=O)[C@@H](NC(=O)[C@H](CCCCN)NC(C)=O)C(C)C)cc4)c4[nH]cc(C)c54)(C2)C3)c2cc(OP(=O)(O)O)c3[nH]cc(C)c3c21. The molecule has 4 fully saturated rings. The van der Waals surface area contributed by atoms with Gasteiger partial charge in [-0.3, -0.25) is 33.8 Å². The molecule has 3 aliphatic carbocycles. The number of primary amides is 1. The highest BCUT2D eigenvalue weighted by Crippen LogP contribution is 2.79. The number of ether oxygens (including phenoxy) is 3. The van der Waals surface area contributed by atoms with Gasteiger partial charge in [-0.05, 0) is 148 Å². The van der Waals surface area contributed by atoms with Gasteiger partial charge >= 0.3 is 13.9 Å². The number of halogens is 1. The van der Waals surface area contributed by atoms with Gasteiger partial charge in [-0.1, -0.05) is 39.8 Å². The Balaban J connectivity index is 0.725. The van der Waals surface area contributed by atoms with Crippen LogP contribution >= 0.6 is 43.9 Å². The molecule has 7 atom stereocenters. The average molecular weight is 1400 g/mol. The number of aromatic nitrogens is 2. The Labute approximate surface area is 573 Å². The van der Waals surface area contributed by atoms with Crippen molar-refractivity contribution >= 4 is 129 Å². The normalized spacial score (nSPS) is 22.2. The zero-order valence-electron chi connectivity index (χ0n) is 55.7. The van der Waals surface area contributed by atoms with E-state index >= 15 is 4.79 Å². The lowest BCUT2D eigenvalue weighted by Gasteiger charge is -2.69. The molecule has 3 aromatic carbocycles. The minimum absolute atomic E-state index is 0.0520. The van der Waals surface area contributed by atoms with Crippen molar-refractivity contribution in [1.29, 1.82) is 0 Å². The molecule has 5 heterocycles. The Kier molecular flexibility index (Phi) is 21.3. The summed E-state index contributed by atoms with van der Waals surface area (Å²) in [6.07, 6.45) is 8.17. The van der Waals surface area contributed by atoms with Crippen molar-refractivity contribution in [2.75, 3.05) is 74.4 Å². The third-order valence-electron chi connectivity index (χ3n) is 19.8. The third kappa shape index (κ3) is 14.8. The Morgan fingerprint density at radius 1 is 0.865 bits per heavy atom. The van der Waals surface area contributed by atoms with Crippen LogP contribution in [-0.4, -0.2) is 165 Å². The number of aryl methyl sites for hydroxylation is 2. The fourth-order valence-corrected chi connectivity index (χ4v) is 15.6. The summed E-state index contributed by atoms with van der Waals surface area (Å²) in [6, 6.07) is 6.78. The average Bonchev–Trinajstić information content (AvgIpc) is 1.37. The van der Waals surface area contributed by atoms with E-state index in [2.05, 4.69) is 55.3 Å². The van der Waals surface area contributed by atoms with E-state index in [0.717, 1.165) is 61.9 Å². The van der Waals surface area contributed by atoms with Crippen LogP contribution in [0.5, 0.6) is 11.5 Å². The number of carbonyl (C=O) groups excluding carboxylic acids is 6. The number of fused-ring (bicyclic) bond motifs is 6. The van der Waals surface area contributed by atoms with Crippen molar-refractivity contribution in [3.63, 3.8) is 0 Å². The standard InChI is InChI=1S/C66H89ClN13O13PS2/c1-10-64(7)34-80(45-25-47(93-94(87,88)89)54-49(51(45)64)37(5)28-72-54)59-55(92-59)65-31-66(32-65,33-65)60(85)79-29-40(26-67)50-44(79)24-46(53-48(50)36(4)27-71-53)91-63(96)78(9)23-22-77(8)62(95)90-30-39-16-18-41(19-17-39)74-56(82)43(15-13-21-70-61(69)86)75-58(84)52(35(2)3)76-57(83)42(73-38(6)81)14-11-12-20-68/h16-19,24-25,27-28,35,40,42-43,52,55,59,71-72H,10-15,20-23,26,29-34,68H2,1-9H3,(H,73,81)(H,74,82)(H,75,84)(H,76,83)(H3,69,70,86)(H2,87,88,89)/t40-,42+,43+,52+,55?,59?,64-,65?,66?/m1/s1. The number of rotatable bonds is 29. The van der Waals surface area contributed by atoms with E-state index < -0.39 is 66.9 Å². The number of urea groups is 1. The number of alkyl halides is 1. The number of nitrogens with zero attached hydrogens (tertiary/aromatic N) is 4. The molecule has 13 N–H and O–H groups in total. The van der Waals surface area contributed by atoms with E-state index in [1.807, 2.05) is 44.3 Å². The maximum atomic E-state index is 15.1. The quantitative estimate of drug-likeness (QED) is 0.00743. The molecule has 520 valence electrons. The van der Waals surface area contributed by atoms with Crippen molar-refractivity contribution in [3.8, 4) is 11.5 Å². The Morgan fingerprint density at radius 2 is 1.49 bits per heavy atom. The molecule has 30 heteroatoms. The number of benzene rings is 3. The number of unbranched alkanes of at least 4 members (excludes halogenated alkanes) is 1. The number of phosphoric ester groups is 1. The molecule has 7 amide bonds. The topological polar surface area (TPSA) is 357 Å². The summed E-state index contributed by atoms with van der Waals surface area (Å²) in [5, 5.41) is 15.8. The molecule has 3 aliphatic heterocycles. The van der Waals surface area contributed by atoms with E-state index in [1.54, 1.807) is 61.0 Å². The minimum Gasteiger partial charge on any atom is -0.466 e. The summed E-state index contributed by atoms with van der Waals surface area (Å²) >= 11 is 18.4. The number of nitrogens with one attached hydrogen (secondary N) is 7. The van der Waals surface area contributed by atoms with Crippen molar-refractivity contribution in [3.05, 3.63) is 76.6 Å². The maximum Gasteiger partial charge on any atom is 0.524 e. The molecule has 11 rings (SSSR count). The van der Waals surface area contributed by atoms with E-state index in [1.165, 1.54) is 6.92 Å². The first-order valence-corrected chi connectivity index (χ1v) is 35.5. The summed E-state index contributed by atoms with van der Waals surface area (Å²) in [5.41, 5.74) is 18.0. The third-order valence-corrected chi connectivity index (χ3v) is 21.4.